The van der Waals surface area contributed by atoms with Gasteiger partial charge in [-0.15, -0.1) is 0 Å². The number of carboxylic acids is 1. The lowest BCUT2D eigenvalue weighted by Gasteiger charge is -2.45. The summed E-state index contributed by atoms with van der Waals surface area (Å²) in [6.07, 6.45) is 11.7. The van der Waals surface area contributed by atoms with Gasteiger partial charge in [-0.05, 0) is 12.8 Å². The lowest BCUT2D eigenvalue weighted by molar-refractivity contribution is -0.365. The molecule has 0 bridgehead atoms. The summed E-state index contributed by atoms with van der Waals surface area (Å²) in [6.45, 7) is 2.15. The van der Waals surface area contributed by atoms with E-state index in [2.05, 4.69) is 13.0 Å². The molecule has 7 heteroatoms. The molecule has 0 radical (unpaired) electrons. The second-order valence-electron chi connectivity index (χ2n) is 8.41. The lowest BCUT2D eigenvalue weighted by Crippen LogP contribution is -2.53. The number of carbonyl (C=O) groups is 1. The number of carboxylic acid groups (broad SMARTS) is 1. The average Bonchev–Trinajstić information content (AvgIpc) is 3.21. The van der Waals surface area contributed by atoms with Crippen LogP contribution in [0.2, 0.25) is 0 Å². The molecule has 4 heterocycles. The van der Waals surface area contributed by atoms with Crippen LogP contribution in [0.5, 0.6) is 0 Å². The molecule has 0 aromatic heterocycles. The standard InChI is InChI=1S/C21H30O7/c1-14-11-17-18(12-16(13-22)25-17)27-21(14)10-9-20(28-21)8-4-6-15(26-20)5-2-3-7-19(23)24/h2,4-6,14-18,22H,3,7-13H2,1H3,(H,23,24)/b5-2+/t14-,15+,16+,17-,18-,20-,21+/m1/s1. The Labute approximate surface area is 165 Å². The van der Waals surface area contributed by atoms with Gasteiger partial charge in [-0.1, -0.05) is 31.2 Å². The van der Waals surface area contributed by atoms with Crippen molar-refractivity contribution in [1.82, 2.24) is 0 Å². The van der Waals surface area contributed by atoms with E-state index in [1.165, 1.54) is 0 Å². The lowest BCUT2D eigenvalue weighted by atomic mass is 9.86. The first-order valence-corrected chi connectivity index (χ1v) is 10.3. The van der Waals surface area contributed by atoms with Crippen LogP contribution in [0.4, 0.5) is 0 Å². The quantitative estimate of drug-likeness (QED) is 0.692. The van der Waals surface area contributed by atoms with E-state index in [1.54, 1.807) is 0 Å². The first-order valence-electron chi connectivity index (χ1n) is 10.3. The van der Waals surface area contributed by atoms with Crippen LogP contribution >= 0.6 is 0 Å². The third-order valence-electron chi connectivity index (χ3n) is 6.34. The Morgan fingerprint density at radius 2 is 2.11 bits per heavy atom. The van der Waals surface area contributed by atoms with Crippen molar-refractivity contribution < 1.29 is 34.0 Å². The molecule has 0 amide bonds. The summed E-state index contributed by atoms with van der Waals surface area (Å²) in [6, 6.07) is 0. The fourth-order valence-corrected chi connectivity index (χ4v) is 4.85. The molecule has 7 atom stereocenters. The smallest absolute Gasteiger partial charge is 0.303 e. The Morgan fingerprint density at radius 1 is 1.25 bits per heavy atom. The zero-order valence-corrected chi connectivity index (χ0v) is 16.3. The highest BCUT2D eigenvalue weighted by molar-refractivity contribution is 5.66. The summed E-state index contributed by atoms with van der Waals surface area (Å²) < 4.78 is 25.2. The van der Waals surface area contributed by atoms with Crippen molar-refractivity contribution in [3.8, 4) is 0 Å². The molecule has 2 N–H and O–H groups in total. The monoisotopic (exact) mass is 394 g/mol. The Kier molecular flexibility index (Phi) is 5.64. The van der Waals surface area contributed by atoms with E-state index in [0.29, 0.717) is 19.3 Å². The maximum atomic E-state index is 10.6. The topological polar surface area (TPSA) is 94.5 Å². The molecule has 4 aliphatic rings. The molecule has 2 spiro atoms. The van der Waals surface area contributed by atoms with Crippen LogP contribution < -0.4 is 0 Å². The van der Waals surface area contributed by atoms with Crippen molar-refractivity contribution >= 4 is 5.97 Å². The Hall–Kier alpha value is -1.25. The Morgan fingerprint density at radius 3 is 2.89 bits per heavy atom. The molecule has 28 heavy (non-hydrogen) atoms. The minimum absolute atomic E-state index is 0.0202. The van der Waals surface area contributed by atoms with E-state index < -0.39 is 17.5 Å². The van der Waals surface area contributed by atoms with Gasteiger partial charge in [-0.2, -0.15) is 0 Å². The summed E-state index contributed by atoms with van der Waals surface area (Å²) in [5, 5.41) is 18.1. The molecule has 0 aliphatic carbocycles. The molecule has 0 unspecified atom stereocenters. The largest absolute Gasteiger partial charge is 0.481 e. The van der Waals surface area contributed by atoms with Crippen LogP contribution in [0, 0.1) is 5.92 Å². The number of aliphatic carboxylic acids is 1. The fraction of sp³-hybridized carbons (Fsp3) is 0.762. The molecule has 3 fully saturated rings. The number of fused-ring (bicyclic) bond motifs is 1. The predicted molar refractivity (Wildman–Crippen MR) is 99.4 cm³/mol. The zero-order chi connectivity index (χ0) is 19.8. The number of allylic oxidation sites excluding steroid dienone is 1. The van der Waals surface area contributed by atoms with E-state index in [-0.39, 0.29) is 43.4 Å². The van der Waals surface area contributed by atoms with E-state index in [9.17, 15) is 9.90 Å². The first-order chi connectivity index (χ1) is 13.4. The van der Waals surface area contributed by atoms with Gasteiger partial charge in [0, 0.05) is 38.0 Å². The summed E-state index contributed by atoms with van der Waals surface area (Å²) in [4.78, 5) is 10.6. The van der Waals surface area contributed by atoms with Gasteiger partial charge in [0.25, 0.3) is 0 Å². The van der Waals surface area contributed by atoms with Crippen LogP contribution in [0.15, 0.2) is 24.3 Å². The number of ether oxygens (including phenoxy) is 4. The molecule has 4 rings (SSSR count). The van der Waals surface area contributed by atoms with Crippen molar-refractivity contribution in [3.63, 3.8) is 0 Å². The van der Waals surface area contributed by atoms with Crippen LogP contribution in [-0.4, -0.2) is 58.8 Å². The van der Waals surface area contributed by atoms with Gasteiger partial charge in [-0.25, -0.2) is 0 Å². The average molecular weight is 394 g/mol. The normalized spacial score (nSPS) is 45.3. The molecule has 0 saturated carbocycles. The van der Waals surface area contributed by atoms with Crippen LogP contribution in [0.1, 0.15) is 51.9 Å². The second kappa shape index (κ2) is 7.88. The van der Waals surface area contributed by atoms with E-state index in [4.69, 9.17) is 24.1 Å². The van der Waals surface area contributed by atoms with Gasteiger partial charge in [0.1, 0.15) is 0 Å². The fourth-order valence-electron chi connectivity index (χ4n) is 4.85. The highest BCUT2D eigenvalue weighted by atomic mass is 16.8. The maximum Gasteiger partial charge on any atom is 0.303 e. The van der Waals surface area contributed by atoms with Crippen molar-refractivity contribution in [2.24, 2.45) is 5.92 Å². The van der Waals surface area contributed by atoms with Crippen LogP contribution in [0.25, 0.3) is 0 Å². The van der Waals surface area contributed by atoms with Crippen LogP contribution in [-0.2, 0) is 23.7 Å². The van der Waals surface area contributed by atoms with Crippen LogP contribution in [0.3, 0.4) is 0 Å². The number of aliphatic hydroxyl groups excluding tert-OH is 1. The SMILES string of the molecule is C[C@@H]1C[C@H]2O[C@H](CO)C[C@H]2O[C@]12CC[C@@]1(CC=C[C@H](/C=C/CCC(=O)O)O1)O2. The molecule has 0 aromatic carbocycles. The first kappa shape index (κ1) is 20.0. The zero-order valence-electron chi connectivity index (χ0n) is 16.3. The van der Waals surface area contributed by atoms with Crippen molar-refractivity contribution in [1.29, 1.82) is 0 Å². The molecule has 3 saturated heterocycles. The number of hydrogen-bond donors (Lipinski definition) is 2. The molecular weight excluding hydrogens is 364 g/mol. The minimum atomic E-state index is -0.802. The Bertz CT molecular complexity index is 647. The van der Waals surface area contributed by atoms with Gasteiger partial charge >= 0.3 is 5.97 Å². The van der Waals surface area contributed by atoms with Gasteiger partial charge in [0.15, 0.2) is 11.6 Å². The number of rotatable bonds is 5. The van der Waals surface area contributed by atoms with Gasteiger partial charge in [0.2, 0.25) is 0 Å². The molecule has 7 nitrogen and oxygen atoms in total. The van der Waals surface area contributed by atoms with Gasteiger partial charge in [0.05, 0.1) is 31.0 Å². The predicted octanol–water partition coefficient (Wildman–Crippen LogP) is 2.53. The minimum Gasteiger partial charge on any atom is -0.481 e. The molecular formula is C21H30O7. The van der Waals surface area contributed by atoms with E-state index >= 15 is 0 Å². The van der Waals surface area contributed by atoms with E-state index in [0.717, 1.165) is 19.3 Å². The highest BCUT2D eigenvalue weighted by Crippen LogP contribution is 2.52. The molecule has 156 valence electrons. The number of aliphatic hydroxyl groups is 1. The second-order valence-corrected chi connectivity index (χ2v) is 8.41. The summed E-state index contributed by atoms with van der Waals surface area (Å²) in [7, 11) is 0. The molecule has 0 aromatic rings. The van der Waals surface area contributed by atoms with Crippen molar-refractivity contribution in [2.45, 2.75) is 87.9 Å². The maximum absolute atomic E-state index is 10.6. The highest BCUT2D eigenvalue weighted by Gasteiger charge is 2.59. The summed E-state index contributed by atoms with van der Waals surface area (Å²) >= 11 is 0. The van der Waals surface area contributed by atoms with Gasteiger partial charge < -0.3 is 29.2 Å². The van der Waals surface area contributed by atoms with Gasteiger partial charge in [-0.3, -0.25) is 4.79 Å². The summed E-state index contributed by atoms with van der Waals surface area (Å²) in [5.41, 5.74) is 0. The molecule has 4 aliphatic heterocycles. The van der Waals surface area contributed by atoms with Crippen molar-refractivity contribution in [3.05, 3.63) is 24.3 Å². The third kappa shape index (κ3) is 3.91. The summed E-state index contributed by atoms with van der Waals surface area (Å²) in [5.74, 6) is -2.00. The van der Waals surface area contributed by atoms with E-state index in [1.807, 2.05) is 18.2 Å². The number of hydrogen-bond acceptors (Lipinski definition) is 6. The Balaban J connectivity index is 1.40. The third-order valence-corrected chi connectivity index (χ3v) is 6.34. The van der Waals surface area contributed by atoms with Crippen molar-refractivity contribution in [2.75, 3.05) is 6.61 Å².